The van der Waals surface area contributed by atoms with Crippen molar-refractivity contribution in [1.82, 2.24) is 0 Å². The Morgan fingerprint density at radius 2 is 1.65 bits per heavy atom. The number of hydrogen-bond donors (Lipinski definition) is 0. The zero-order valence-corrected chi connectivity index (χ0v) is 16.7. The predicted octanol–water partition coefficient (Wildman–Crippen LogP) is 5.31. The standard InChI is InChI=1S/C17H34OSi2/c1-8-9-10-11-12-13-15-16(19(2,3)4)14-17(18-15)20(5,6)7/h15-17H,8-11,14H2,1-7H3/t15-,16+,17+/m1/s1. The molecule has 0 unspecified atom stereocenters. The van der Waals surface area contributed by atoms with Gasteiger partial charge in [-0.2, -0.15) is 0 Å². The van der Waals surface area contributed by atoms with E-state index in [2.05, 4.69) is 58.0 Å². The molecule has 1 nitrogen and oxygen atoms in total. The molecule has 0 spiro atoms. The smallest absolute Gasteiger partial charge is 0.118 e. The minimum Gasteiger partial charge on any atom is -0.366 e. The third kappa shape index (κ3) is 5.39. The number of unbranched alkanes of at least 4 members (excludes halogenated alkanes) is 3. The van der Waals surface area contributed by atoms with E-state index in [9.17, 15) is 0 Å². The normalized spacial score (nSPS) is 27.2. The second kappa shape index (κ2) is 7.29. The summed E-state index contributed by atoms with van der Waals surface area (Å²) in [6.45, 7) is 16.9. The summed E-state index contributed by atoms with van der Waals surface area (Å²) < 4.78 is 6.39. The first kappa shape index (κ1) is 18.0. The molecule has 1 rings (SSSR count). The fourth-order valence-corrected chi connectivity index (χ4v) is 6.56. The SMILES string of the molecule is CCCCCC#C[C@H]1O[C@@H]([Si](C)(C)C)C[C@@H]1[Si](C)(C)C. The van der Waals surface area contributed by atoms with Crippen molar-refractivity contribution in [2.45, 2.75) is 95.7 Å². The van der Waals surface area contributed by atoms with Crippen LogP contribution in [0.5, 0.6) is 0 Å². The minimum atomic E-state index is -1.21. The van der Waals surface area contributed by atoms with E-state index >= 15 is 0 Å². The summed E-state index contributed by atoms with van der Waals surface area (Å²) in [5.41, 5.74) is 1.23. The molecule has 0 aromatic heterocycles. The third-order valence-corrected chi connectivity index (χ3v) is 9.44. The first-order valence-electron chi connectivity index (χ1n) is 8.30. The van der Waals surface area contributed by atoms with Crippen LogP contribution in [-0.4, -0.2) is 28.0 Å². The molecule has 1 fully saturated rings. The van der Waals surface area contributed by atoms with Crippen molar-refractivity contribution in [2.75, 3.05) is 0 Å². The van der Waals surface area contributed by atoms with E-state index in [1.807, 2.05) is 0 Å². The van der Waals surface area contributed by atoms with Gasteiger partial charge in [0, 0.05) is 12.1 Å². The fourth-order valence-electron chi connectivity index (χ4n) is 2.82. The zero-order valence-electron chi connectivity index (χ0n) is 14.7. The van der Waals surface area contributed by atoms with Crippen molar-refractivity contribution >= 4 is 16.1 Å². The maximum atomic E-state index is 6.39. The van der Waals surface area contributed by atoms with Gasteiger partial charge in [0.15, 0.2) is 0 Å². The average Bonchev–Trinajstić information content (AvgIpc) is 2.72. The molecule has 0 aromatic carbocycles. The lowest BCUT2D eigenvalue weighted by atomic mass is 10.2. The highest BCUT2D eigenvalue weighted by atomic mass is 28.3. The van der Waals surface area contributed by atoms with Crippen LogP contribution in [0, 0.1) is 11.8 Å². The monoisotopic (exact) mass is 310 g/mol. The van der Waals surface area contributed by atoms with E-state index in [0.717, 1.165) is 12.0 Å². The van der Waals surface area contributed by atoms with Gasteiger partial charge in [0.05, 0.1) is 16.1 Å². The van der Waals surface area contributed by atoms with Gasteiger partial charge in [-0.3, -0.25) is 0 Å². The molecule has 1 heterocycles. The maximum absolute atomic E-state index is 6.39. The van der Waals surface area contributed by atoms with Gasteiger partial charge >= 0.3 is 0 Å². The molecule has 0 amide bonds. The van der Waals surface area contributed by atoms with Gasteiger partial charge < -0.3 is 4.74 Å². The van der Waals surface area contributed by atoms with E-state index in [1.165, 1.54) is 25.7 Å². The Hall–Kier alpha value is -0.0462. The van der Waals surface area contributed by atoms with E-state index in [0.29, 0.717) is 5.73 Å². The van der Waals surface area contributed by atoms with Crippen LogP contribution in [0.4, 0.5) is 0 Å². The number of ether oxygens (including phenoxy) is 1. The molecule has 3 heteroatoms. The average molecular weight is 311 g/mol. The van der Waals surface area contributed by atoms with Crippen LogP contribution in [0.15, 0.2) is 0 Å². The van der Waals surface area contributed by atoms with E-state index < -0.39 is 16.1 Å². The summed E-state index contributed by atoms with van der Waals surface area (Å²) in [5, 5.41) is 0. The first-order chi connectivity index (χ1) is 9.16. The Morgan fingerprint density at radius 3 is 2.15 bits per heavy atom. The summed E-state index contributed by atoms with van der Waals surface area (Å²) in [4.78, 5) is 0. The lowest BCUT2D eigenvalue weighted by Gasteiger charge is -2.27. The van der Waals surface area contributed by atoms with Crippen molar-refractivity contribution < 1.29 is 4.74 Å². The van der Waals surface area contributed by atoms with E-state index in [1.54, 1.807) is 0 Å². The highest BCUT2D eigenvalue weighted by Gasteiger charge is 2.46. The summed E-state index contributed by atoms with van der Waals surface area (Å²) >= 11 is 0. The van der Waals surface area contributed by atoms with Crippen LogP contribution < -0.4 is 0 Å². The second-order valence-corrected chi connectivity index (χ2v) is 19.2. The van der Waals surface area contributed by atoms with Crippen molar-refractivity contribution in [2.24, 2.45) is 0 Å². The number of hydrogen-bond acceptors (Lipinski definition) is 1. The lowest BCUT2D eigenvalue weighted by Crippen LogP contribution is -2.38. The van der Waals surface area contributed by atoms with Gasteiger partial charge in [0.1, 0.15) is 6.10 Å². The van der Waals surface area contributed by atoms with Gasteiger partial charge in [0.2, 0.25) is 0 Å². The van der Waals surface area contributed by atoms with Crippen molar-refractivity contribution in [3.8, 4) is 11.8 Å². The minimum absolute atomic E-state index is 0.222. The van der Waals surface area contributed by atoms with Gasteiger partial charge in [-0.05, 0) is 18.4 Å². The summed E-state index contributed by atoms with van der Waals surface area (Å²) in [6.07, 6.45) is 6.35. The summed E-state index contributed by atoms with van der Waals surface area (Å²) in [7, 11) is -2.40. The van der Waals surface area contributed by atoms with Crippen LogP contribution in [-0.2, 0) is 4.74 Å². The van der Waals surface area contributed by atoms with Gasteiger partial charge in [-0.15, -0.1) is 5.92 Å². The Balaban J connectivity index is 2.70. The first-order valence-corrected chi connectivity index (χ1v) is 15.5. The molecule has 0 N–H and O–H groups in total. The van der Waals surface area contributed by atoms with Crippen molar-refractivity contribution in [3.63, 3.8) is 0 Å². The zero-order chi connectivity index (χ0) is 15.4. The quantitative estimate of drug-likeness (QED) is 0.380. The van der Waals surface area contributed by atoms with Crippen LogP contribution in [0.25, 0.3) is 0 Å². The Kier molecular flexibility index (Phi) is 6.56. The highest BCUT2D eigenvalue weighted by Crippen LogP contribution is 2.41. The van der Waals surface area contributed by atoms with Gasteiger partial charge in [-0.1, -0.05) is 65.0 Å². The second-order valence-electron chi connectivity index (χ2n) is 8.40. The van der Waals surface area contributed by atoms with Crippen LogP contribution >= 0.6 is 0 Å². The Morgan fingerprint density at radius 1 is 1.00 bits per heavy atom. The van der Waals surface area contributed by atoms with Crippen LogP contribution in [0.2, 0.25) is 44.8 Å². The third-order valence-electron chi connectivity index (χ3n) is 4.37. The van der Waals surface area contributed by atoms with Gasteiger partial charge in [0.25, 0.3) is 0 Å². The van der Waals surface area contributed by atoms with Crippen LogP contribution in [0.1, 0.15) is 39.0 Å². The summed E-state index contributed by atoms with van der Waals surface area (Å²) in [6, 6.07) is 0. The maximum Gasteiger partial charge on any atom is 0.118 e. The molecule has 1 aliphatic heterocycles. The molecule has 0 saturated carbocycles. The predicted molar refractivity (Wildman–Crippen MR) is 95.6 cm³/mol. The molecule has 1 aliphatic rings. The molecule has 1 saturated heterocycles. The Bertz CT molecular complexity index is 354. The molecule has 0 radical (unpaired) electrons. The molecule has 0 aromatic rings. The molecular formula is C17H34OSi2. The topological polar surface area (TPSA) is 9.23 Å². The molecule has 0 aliphatic carbocycles. The highest BCUT2D eigenvalue weighted by molar-refractivity contribution is 6.79. The summed E-state index contributed by atoms with van der Waals surface area (Å²) in [5.74, 6) is 6.88. The van der Waals surface area contributed by atoms with Crippen LogP contribution in [0.3, 0.4) is 0 Å². The molecule has 20 heavy (non-hydrogen) atoms. The van der Waals surface area contributed by atoms with E-state index in [-0.39, 0.29) is 6.10 Å². The fraction of sp³-hybridized carbons (Fsp3) is 0.882. The van der Waals surface area contributed by atoms with Crippen molar-refractivity contribution in [3.05, 3.63) is 0 Å². The van der Waals surface area contributed by atoms with Crippen molar-refractivity contribution in [1.29, 1.82) is 0 Å². The molecular weight excluding hydrogens is 276 g/mol. The molecule has 3 atom stereocenters. The molecule has 116 valence electrons. The largest absolute Gasteiger partial charge is 0.366 e. The Labute approximate surface area is 128 Å². The lowest BCUT2D eigenvalue weighted by molar-refractivity contribution is 0.118. The number of rotatable bonds is 5. The molecule has 0 bridgehead atoms. The van der Waals surface area contributed by atoms with E-state index in [4.69, 9.17) is 4.74 Å². The van der Waals surface area contributed by atoms with Gasteiger partial charge in [-0.25, -0.2) is 0 Å².